The molecule has 0 aliphatic rings. The second-order valence-electron chi connectivity index (χ2n) is 3.81. The van der Waals surface area contributed by atoms with Crippen molar-refractivity contribution in [3.63, 3.8) is 0 Å². The van der Waals surface area contributed by atoms with Crippen LogP contribution in [0.1, 0.15) is 5.56 Å². The van der Waals surface area contributed by atoms with E-state index in [2.05, 4.69) is 9.97 Å². The van der Waals surface area contributed by atoms with E-state index < -0.39 is 0 Å². The van der Waals surface area contributed by atoms with Crippen LogP contribution >= 0.6 is 0 Å². The standard InChI is InChI=1S/C13H15N3O2/c1-16(11-4-3-5-12(6-11)18-2)13-14-7-10(9-17)8-15-13/h3-8,17H,9H2,1-2H3. The zero-order valence-corrected chi connectivity index (χ0v) is 10.4. The van der Waals surface area contributed by atoms with E-state index >= 15 is 0 Å². The van der Waals surface area contributed by atoms with Gasteiger partial charge in [0.25, 0.3) is 0 Å². The van der Waals surface area contributed by atoms with Crippen molar-refractivity contribution in [3.05, 3.63) is 42.2 Å². The highest BCUT2D eigenvalue weighted by molar-refractivity contribution is 5.58. The zero-order chi connectivity index (χ0) is 13.0. The summed E-state index contributed by atoms with van der Waals surface area (Å²) in [4.78, 5) is 10.2. The van der Waals surface area contributed by atoms with Crippen LogP contribution in [-0.2, 0) is 6.61 Å². The first kappa shape index (κ1) is 12.3. The second kappa shape index (κ2) is 5.46. The predicted molar refractivity (Wildman–Crippen MR) is 69.0 cm³/mol. The van der Waals surface area contributed by atoms with Crippen molar-refractivity contribution in [1.82, 2.24) is 9.97 Å². The Hall–Kier alpha value is -2.14. The summed E-state index contributed by atoms with van der Waals surface area (Å²) in [5.74, 6) is 1.35. The van der Waals surface area contributed by atoms with Crippen LogP contribution in [0.3, 0.4) is 0 Å². The summed E-state index contributed by atoms with van der Waals surface area (Å²) < 4.78 is 5.18. The highest BCUT2D eigenvalue weighted by atomic mass is 16.5. The Bertz CT molecular complexity index is 514. The third kappa shape index (κ3) is 2.57. The Balaban J connectivity index is 2.25. The minimum Gasteiger partial charge on any atom is -0.497 e. The second-order valence-corrected chi connectivity index (χ2v) is 3.81. The first-order valence-electron chi connectivity index (χ1n) is 5.54. The molecule has 0 spiro atoms. The molecule has 0 fully saturated rings. The molecule has 94 valence electrons. The molecule has 1 N–H and O–H groups in total. The molecule has 1 heterocycles. The number of aromatic nitrogens is 2. The number of rotatable bonds is 4. The molecule has 0 unspecified atom stereocenters. The SMILES string of the molecule is COc1cccc(N(C)c2ncc(CO)cn2)c1. The van der Waals surface area contributed by atoms with Crippen LogP contribution in [0.15, 0.2) is 36.7 Å². The molecule has 0 bridgehead atoms. The fourth-order valence-corrected chi connectivity index (χ4v) is 1.54. The van der Waals surface area contributed by atoms with Gasteiger partial charge in [0, 0.05) is 36.8 Å². The maximum atomic E-state index is 8.94. The van der Waals surface area contributed by atoms with Crippen molar-refractivity contribution >= 4 is 11.6 Å². The lowest BCUT2D eigenvalue weighted by molar-refractivity contribution is 0.281. The molecular weight excluding hydrogens is 230 g/mol. The fourth-order valence-electron chi connectivity index (χ4n) is 1.54. The van der Waals surface area contributed by atoms with Crippen LogP contribution in [0, 0.1) is 0 Å². The van der Waals surface area contributed by atoms with Gasteiger partial charge in [-0.15, -0.1) is 0 Å². The zero-order valence-electron chi connectivity index (χ0n) is 10.4. The summed E-state index contributed by atoms with van der Waals surface area (Å²) in [6.45, 7) is -0.0524. The number of aliphatic hydroxyl groups excluding tert-OH is 1. The number of anilines is 2. The van der Waals surface area contributed by atoms with Gasteiger partial charge in [0.15, 0.2) is 0 Å². The summed E-state index contributed by atoms with van der Waals surface area (Å²) in [5, 5.41) is 8.94. The van der Waals surface area contributed by atoms with E-state index in [0.717, 1.165) is 11.4 Å². The minimum atomic E-state index is -0.0524. The first-order valence-corrected chi connectivity index (χ1v) is 5.54. The molecule has 0 saturated heterocycles. The van der Waals surface area contributed by atoms with Crippen molar-refractivity contribution < 1.29 is 9.84 Å². The van der Waals surface area contributed by atoms with Gasteiger partial charge < -0.3 is 14.7 Å². The average Bonchev–Trinajstić information content (AvgIpc) is 2.46. The molecule has 2 aromatic rings. The summed E-state index contributed by atoms with van der Waals surface area (Å²) in [6, 6.07) is 7.65. The predicted octanol–water partition coefficient (Wildman–Crippen LogP) is 1.75. The third-order valence-electron chi connectivity index (χ3n) is 2.61. The van der Waals surface area contributed by atoms with E-state index in [1.807, 2.05) is 36.2 Å². The molecule has 0 saturated carbocycles. The normalized spacial score (nSPS) is 10.2. The van der Waals surface area contributed by atoms with Gasteiger partial charge in [-0.25, -0.2) is 9.97 Å². The number of aliphatic hydroxyl groups is 1. The van der Waals surface area contributed by atoms with E-state index in [1.165, 1.54) is 0 Å². The molecule has 0 aliphatic carbocycles. The van der Waals surface area contributed by atoms with Crippen LogP contribution in [0.25, 0.3) is 0 Å². The number of nitrogens with zero attached hydrogens (tertiary/aromatic N) is 3. The largest absolute Gasteiger partial charge is 0.497 e. The number of hydrogen-bond donors (Lipinski definition) is 1. The van der Waals surface area contributed by atoms with Crippen molar-refractivity contribution in [2.75, 3.05) is 19.1 Å². The summed E-state index contributed by atoms with van der Waals surface area (Å²) in [5.41, 5.74) is 1.63. The molecule has 1 aromatic heterocycles. The summed E-state index contributed by atoms with van der Waals surface area (Å²) in [7, 11) is 3.51. The molecule has 5 heteroatoms. The lowest BCUT2D eigenvalue weighted by Crippen LogP contribution is -2.13. The smallest absolute Gasteiger partial charge is 0.229 e. The Morgan fingerprint density at radius 2 is 2.00 bits per heavy atom. The monoisotopic (exact) mass is 245 g/mol. The van der Waals surface area contributed by atoms with Gasteiger partial charge in [-0.2, -0.15) is 0 Å². The van der Waals surface area contributed by atoms with Gasteiger partial charge in [-0.05, 0) is 12.1 Å². The third-order valence-corrected chi connectivity index (χ3v) is 2.61. The molecule has 0 aliphatic heterocycles. The van der Waals surface area contributed by atoms with Crippen LogP contribution in [0.2, 0.25) is 0 Å². The highest BCUT2D eigenvalue weighted by Gasteiger charge is 2.07. The van der Waals surface area contributed by atoms with Crippen molar-refractivity contribution in [2.45, 2.75) is 6.61 Å². The van der Waals surface area contributed by atoms with Gasteiger partial charge >= 0.3 is 0 Å². The van der Waals surface area contributed by atoms with Gasteiger partial charge in [0.1, 0.15) is 5.75 Å². The average molecular weight is 245 g/mol. The van der Waals surface area contributed by atoms with E-state index in [1.54, 1.807) is 19.5 Å². The number of ether oxygens (including phenoxy) is 1. The van der Waals surface area contributed by atoms with Gasteiger partial charge in [-0.3, -0.25) is 0 Å². The molecule has 0 atom stereocenters. The first-order chi connectivity index (χ1) is 8.74. The molecule has 18 heavy (non-hydrogen) atoms. The fraction of sp³-hybridized carbons (Fsp3) is 0.231. The van der Waals surface area contributed by atoms with Gasteiger partial charge in [0.05, 0.1) is 13.7 Å². The van der Waals surface area contributed by atoms with Crippen molar-refractivity contribution in [2.24, 2.45) is 0 Å². The van der Waals surface area contributed by atoms with Crippen molar-refractivity contribution in [3.8, 4) is 5.75 Å². The topological polar surface area (TPSA) is 58.5 Å². The van der Waals surface area contributed by atoms with Crippen LogP contribution < -0.4 is 9.64 Å². The van der Waals surface area contributed by atoms with E-state index in [4.69, 9.17) is 9.84 Å². The molecule has 1 aromatic carbocycles. The maximum Gasteiger partial charge on any atom is 0.229 e. The quantitative estimate of drug-likeness (QED) is 0.889. The Labute approximate surface area is 106 Å². The maximum absolute atomic E-state index is 8.94. The summed E-state index contributed by atoms with van der Waals surface area (Å²) in [6.07, 6.45) is 3.22. The minimum absolute atomic E-state index is 0.0524. The molecule has 0 radical (unpaired) electrons. The lowest BCUT2D eigenvalue weighted by Gasteiger charge is -2.17. The number of benzene rings is 1. The Morgan fingerprint density at radius 1 is 1.28 bits per heavy atom. The summed E-state index contributed by atoms with van der Waals surface area (Å²) >= 11 is 0. The van der Waals surface area contributed by atoms with Crippen LogP contribution in [0.5, 0.6) is 5.75 Å². The Morgan fingerprint density at radius 3 is 2.61 bits per heavy atom. The number of methoxy groups -OCH3 is 1. The number of hydrogen-bond acceptors (Lipinski definition) is 5. The van der Waals surface area contributed by atoms with Gasteiger partial charge in [-0.1, -0.05) is 6.07 Å². The molecule has 0 amide bonds. The van der Waals surface area contributed by atoms with Crippen LogP contribution in [0.4, 0.5) is 11.6 Å². The Kier molecular flexibility index (Phi) is 3.74. The molecule has 5 nitrogen and oxygen atoms in total. The van der Waals surface area contributed by atoms with Gasteiger partial charge in [0.2, 0.25) is 5.95 Å². The van der Waals surface area contributed by atoms with E-state index in [9.17, 15) is 0 Å². The van der Waals surface area contributed by atoms with E-state index in [0.29, 0.717) is 11.5 Å². The van der Waals surface area contributed by atoms with Crippen LogP contribution in [-0.4, -0.2) is 29.2 Å². The molecule has 2 rings (SSSR count). The lowest BCUT2D eigenvalue weighted by atomic mass is 10.3. The van der Waals surface area contributed by atoms with E-state index in [-0.39, 0.29) is 6.61 Å². The highest BCUT2D eigenvalue weighted by Crippen LogP contribution is 2.23. The van der Waals surface area contributed by atoms with Crippen molar-refractivity contribution in [1.29, 1.82) is 0 Å². The molecular formula is C13H15N3O2.